The van der Waals surface area contributed by atoms with Crippen LogP contribution in [-0.4, -0.2) is 11.9 Å². The van der Waals surface area contributed by atoms with Crippen molar-refractivity contribution >= 4 is 27.2 Å². The molecule has 0 N–H and O–H groups in total. The highest BCUT2D eigenvalue weighted by Gasteiger charge is 2.30. The highest BCUT2D eigenvalue weighted by Crippen LogP contribution is 2.32. The molecular weight excluding hydrogens is 268 g/mol. The Bertz CT molecular complexity index is 778. The molecule has 0 aliphatic carbocycles. The van der Waals surface area contributed by atoms with E-state index >= 15 is 0 Å². The topological polar surface area (TPSA) is 26.3 Å². The van der Waals surface area contributed by atoms with Crippen molar-refractivity contribution in [1.82, 2.24) is 0 Å². The lowest BCUT2D eigenvalue weighted by Gasteiger charge is -2.08. The lowest BCUT2D eigenvalue weighted by Crippen LogP contribution is -2.25. The van der Waals surface area contributed by atoms with Crippen LogP contribution < -0.4 is 4.74 Å². The summed E-state index contributed by atoms with van der Waals surface area (Å²) in [4.78, 5) is 12.7. The van der Waals surface area contributed by atoms with E-state index < -0.39 is 0 Å². The normalized spacial score (nSPS) is 16.9. The van der Waals surface area contributed by atoms with Crippen molar-refractivity contribution in [2.45, 2.75) is 12.5 Å². The van der Waals surface area contributed by atoms with Crippen LogP contribution in [-0.2, 0) is 6.42 Å². The maximum atomic E-state index is 12.7. The van der Waals surface area contributed by atoms with Gasteiger partial charge in [-0.1, -0.05) is 36.4 Å². The summed E-state index contributed by atoms with van der Waals surface area (Å²) in [6.45, 7) is 0. The third kappa shape index (κ3) is 1.74. The Hall–Kier alpha value is -2.13. The van der Waals surface area contributed by atoms with Crippen LogP contribution in [0.3, 0.4) is 0 Å². The van der Waals surface area contributed by atoms with E-state index in [1.807, 2.05) is 53.9 Å². The van der Waals surface area contributed by atoms with Crippen molar-refractivity contribution in [2.75, 3.05) is 0 Å². The van der Waals surface area contributed by atoms with E-state index in [2.05, 4.69) is 0 Å². The van der Waals surface area contributed by atoms with Crippen molar-refractivity contribution in [3.8, 4) is 5.75 Å². The predicted octanol–water partition coefficient (Wildman–Crippen LogP) is 4.09. The molecule has 0 radical (unpaired) electrons. The van der Waals surface area contributed by atoms with Crippen LogP contribution in [0.4, 0.5) is 0 Å². The van der Waals surface area contributed by atoms with Crippen molar-refractivity contribution in [3.05, 3.63) is 65.0 Å². The number of rotatable bonds is 2. The van der Waals surface area contributed by atoms with Gasteiger partial charge < -0.3 is 4.74 Å². The van der Waals surface area contributed by atoms with Crippen LogP contribution in [0.5, 0.6) is 5.75 Å². The number of hydrogen-bond acceptors (Lipinski definition) is 3. The summed E-state index contributed by atoms with van der Waals surface area (Å²) in [7, 11) is 0. The highest BCUT2D eigenvalue weighted by molar-refractivity contribution is 7.17. The van der Waals surface area contributed by atoms with Crippen LogP contribution in [0.25, 0.3) is 10.1 Å². The molecule has 0 spiro atoms. The second kappa shape index (κ2) is 4.46. The SMILES string of the molecule is O=C(c1csc2ccccc12)C1Cc2ccccc2O1. The molecule has 1 atom stereocenters. The molecule has 1 aliphatic rings. The Morgan fingerprint density at radius 1 is 1.10 bits per heavy atom. The summed E-state index contributed by atoms with van der Waals surface area (Å²) in [5, 5.41) is 2.97. The molecule has 0 bridgehead atoms. The van der Waals surface area contributed by atoms with Gasteiger partial charge >= 0.3 is 0 Å². The summed E-state index contributed by atoms with van der Waals surface area (Å²) in [5.41, 5.74) is 1.90. The van der Waals surface area contributed by atoms with Crippen LogP contribution in [0.2, 0.25) is 0 Å². The maximum absolute atomic E-state index is 12.7. The number of carbonyl (C=O) groups is 1. The van der Waals surface area contributed by atoms with Gasteiger partial charge in [-0.3, -0.25) is 4.79 Å². The minimum atomic E-state index is -0.384. The Labute approximate surface area is 120 Å². The second-order valence-electron chi connectivity index (χ2n) is 4.93. The summed E-state index contributed by atoms with van der Waals surface area (Å²) < 4.78 is 6.94. The van der Waals surface area contributed by atoms with Crippen molar-refractivity contribution in [1.29, 1.82) is 0 Å². The smallest absolute Gasteiger partial charge is 0.205 e. The standard InChI is InChI=1S/C17H12O2S/c18-17(13-10-20-16-8-4-2-6-12(13)16)15-9-11-5-1-3-7-14(11)19-15/h1-8,10,15H,9H2. The third-order valence-electron chi connectivity index (χ3n) is 3.69. The van der Waals surface area contributed by atoms with E-state index in [-0.39, 0.29) is 11.9 Å². The number of hydrogen-bond donors (Lipinski definition) is 0. The number of Topliss-reactive ketones (excluding diaryl/α,β-unsaturated/α-hetero) is 1. The summed E-state index contributed by atoms with van der Waals surface area (Å²) >= 11 is 1.61. The Morgan fingerprint density at radius 2 is 1.90 bits per heavy atom. The number of para-hydroxylation sites is 1. The fourth-order valence-corrected chi connectivity index (χ4v) is 3.62. The molecule has 1 unspecified atom stereocenters. The first-order valence-corrected chi connectivity index (χ1v) is 7.46. The average molecular weight is 280 g/mol. The van der Waals surface area contributed by atoms with Gasteiger partial charge in [0.25, 0.3) is 0 Å². The predicted molar refractivity (Wildman–Crippen MR) is 80.7 cm³/mol. The fraction of sp³-hybridized carbons (Fsp3) is 0.118. The van der Waals surface area contributed by atoms with Crippen LogP contribution in [0, 0.1) is 0 Å². The zero-order valence-electron chi connectivity index (χ0n) is 10.7. The number of thiophene rings is 1. The van der Waals surface area contributed by atoms with Crippen molar-refractivity contribution < 1.29 is 9.53 Å². The van der Waals surface area contributed by atoms with Crippen LogP contribution in [0.15, 0.2) is 53.9 Å². The van der Waals surface area contributed by atoms with Gasteiger partial charge in [0.2, 0.25) is 5.78 Å². The van der Waals surface area contributed by atoms with Gasteiger partial charge in [0, 0.05) is 27.5 Å². The molecule has 2 nitrogen and oxygen atoms in total. The van der Waals surface area contributed by atoms with E-state index in [1.54, 1.807) is 11.3 Å². The number of benzene rings is 2. The molecular formula is C17H12O2S. The summed E-state index contributed by atoms with van der Waals surface area (Å²) in [5.74, 6) is 0.920. The Balaban J connectivity index is 1.69. The molecule has 4 rings (SSSR count). The third-order valence-corrected chi connectivity index (χ3v) is 4.65. The number of fused-ring (bicyclic) bond motifs is 2. The molecule has 20 heavy (non-hydrogen) atoms. The fourth-order valence-electron chi connectivity index (χ4n) is 2.67. The van der Waals surface area contributed by atoms with E-state index in [0.29, 0.717) is 6.42 Å². The highest BCUT2D eigenvalue weighted by atomic mass is 32.1. The maximum Gasteiger partial charge on any atom is 0.205 e. The zero-order valence-corrected chi connectivity index (χ0v) is 11.5. The molecule has 1 aliphatic heterocycles. The molecule has 2 aromatic carbocycles. The van der Waals surface area contributed by atoms with Gasteiger partial charge in [0.05, 0.1) is 0 Å². The first kappa shape index (κ1) is 11.7. The molecule has 0 fully saturated rings. The monoisotopic (exact) mass is 280 g/mol. The lowest BCUT2D eigenvalue weighted by atomic mass is 10.0. The Morgan fingerprint density at radius 3 is 2.80 bits per heavy atom. The lowest BCUT2D eigenvalue weighted by molar-refractivity contribution is 0.0827. The number of ketones is 1. The Kier molecular flexibility index (Phi) is 2.60. The molecule has 0 saturated heterocycles. The zero-order chi connectivity index (χ0) is 13.5. The first-order valence-electron chi connectivity index (χ1n) is 6.58. The number of ether oxygens (including phenoxy) is 1. The minimum Gasteiger partial charge on any atom is -0.482 e. The van der Waals surface area contributed by atoms with Crippen LogP contribution >= 0.6 is 11.3 Å². The quantitative estimate of drug-likeness (QED) is 0.661. The van der Waals surface area contributed by atoms with Gasteiger partial charge in [-0.05, 0) is 17.7 Å². The van der Waals surface area contributed by atoms with Crippen LogP contribution in [0.1, 0.15) is 15.9 Å². The van der Waals surface area contributed by atoms with Crippen molar-refractivity contribution in [3.63, 3.8) is 0 Å². The number of carbonyl (C=O) groups excluding carboxylic acids is 1. The van der Waals surface area contributed by atoms with Crippen molar-refractivity contribution in [2.24, 2.45) is 0 Å². The van der Waals surface area contributed by atoms with E-state index in [4.69, 9.17) is 4.74 Å². The molecule has 0 saturated carbocycles. The molecule has 1 aromatic heterocycles. The van der Waals surface area contributed by atoms with E-state index in [9.17, 15) is 4.79 Å². The van der Waals surface area contributed by atoms with Gasteiger partial charge in [0.1, 0.15) is 5.75 Å². The average Bonchev–Trinajstić information content (AvgIpc) is 3.10. The largest absolute Gasteiger partial charge is 0.482 e. The first-order chi connectivity index (χ1) is 9.83. The van der Waals surface area contributed by atoms with Gasteiger partial charge in [0.15, 0.2) is 6.10 Å². The molecule has 3 aromatic rings. The van der Waals surface area contributed by atoms with E-state index in [0.717, 1.165) is 27.0 Å². The molecule has 98 valence electrons. The summed E-state index contributed by atoms with van der Waals surface area (Å²) in [6.07, 6.45) is 0.282. The van der Waals surface area contributed by atoms with Gasteiger partial charge in [-0.2, -0.15) is 0 Å². The molecule has 3 heteroatoms. The van der Waals surface area contributed by atoms with Gasteiger partial charge in [-0.25, -0.2) is 0 Å². The summed E-state index contributed by atoms with van der Waals surface area (Å²) in [6, 6.07) is 15.9. The second-order valence-corrected chi connectivity index (χ2v) is 5.84. The van der Waals surface area contributed by atoms with Gasteiger partial charge in [-0.15, -0.1) is 11.3 Å². The molecule has 2 heterocycles. The van der Waals surface area contributed by atoms with E-state index in [1.165, 1.54) is 0 Å². The minimum absolute atomic E-state index is 0.0821. The molecule has 0 amide bonds.